The number of piperazine rings is 1. The van der Waals surface area contributed by atoms with E-state index in [1.807, 2.05) is 0 Å². The van der Waals surface area contributed by atoms with E-state index in [1.54, 1.807) is 4.90 Å². The van der Waals surface area contributed by atoms with Gasteiger partial charge in [-0.05, 0) is 17.7 Å². The van der Waals surface area contributed by atoms with Crippen molar-refractivity contribution in [2.24, 2.45) is 0 Å². The predicted octanol–water partition coefficient (Wildman–Crippen LogP) is 4.14. The van der Waals surface area contributed by atoms with E-state index in [0.29, 0.717) is 26.2 Å². The normalized spacial score (nSPS) is 16.8. The van der Waals surface area contributed by atoms with Gasteiger partial charge in [-0.3, -0.25) is 4.90 Å². The Morgan fingerprint density at radius 3 is 1.93 bits per heavy atom. The standard InChI is InChI=1S/C18H15F7N2O/c19-12-9-13(20)16(22)14(15(12)21)17(27-7-5-26-6-8-27)10-1-3-11(4-2-10)28-18(23,24)25/h1-4,9,17,26H,5-8H2/t17-/m0/s1. The molecule has 1 N–H and O–H groups in total. The molecule has 0 bridgehead atoms. The van der Waals surface area contributed by atoms with Crippen LogP contribution in [0.3, 0.4) is 0 Å². The van der Waals surface area contributed by atoms with E-state index in [0.717, 1.165) is 12.1 Å². The van der Waals surface area contributed by atoms with Gasteiger partial charge in [-0.1, -0.05) is 12.1 Å². The van der Waals surface area contributed by atoms with Gasteiger partial charge in [0.25, 0.3) is 0 Å². The van der Waals surface area contributed by atoms with Gasteiger partial charge < -0.3 is 10.1 Å². The Kier molecular flexibility index (Phi) is 5.80. The van der Waals surface area contributed by atoms with Crippen LogP contribution < -0.4 is 10.1 Å². The fourth-order valence-corrected chi connectivity index (χ4v) is 3.18. The quantitative estimate of drug-likeness (QED) is 0.608. The van der Waals surface area contributed by atoms with E-state index in [1.165, 1.54) is 12.1 Å². The Morgan fingerprint density at radius 2 is 1.43 bits per heavy atom. The number of alkyl halides is 3. The lowest BCUT2D eigenvalue weighted by molar-refractivity contribution is -0.274. The fraction of sp³-hybridized carbons (Fsp3) is 0.333. The summed E-state index contributed by atoms with van der Waals surface area (Å²) in [5.41, 5.74) is -0.664. The number of hydrogen-bond donors (Lipinski definition) is 1. The van der Waals surface area contributed by atoms with Gasteiger partial charge in [-0.2, -0.15) is 0 Å². The third-order valence-corrected chi connectivity index (χ3v) is 4.37. The molecule has 28 heavy (non-hydrogen) atoms. The van der Waals surface area contributed by atoms with Gasteiger partial charge in [0.15, 0.2) is 23.3 Å². The van der Waals surface area contributed by atoms with E-state index < -0.39 is 47.0 Å². The number of nitrogens with one attached hydrogen (secondary N) is 1. The van der Waals surface area contributed by atoms with Crippen molar-refractivity contribution in [2.45, 2.75) is 12.4 Å². The lowest BCUT2D eigenvalue weighted by Crippen LogP contribution is -2.46. The zero-order chi connectivity index (χ0) is 20.5. The maximum atomic E-state index is 14.4. The van der Waals surface area contributed by atoms with Crippen molar-refractivity contribution in [1.82, 2.24) is 10.2 Å². The van der Waals surface area contributed by atoms with E-state index in [9.17, 15) is 30.7 Å². The zero-order valence-corrected chi connectivity index (χ0v) is 14.3. The van der Waals surface area contributed by atoms with Gasteiger partial charge >= 0.3 is 6.36 Å². The smallest absolute Gasteiger partial charge is 0.406 e. The van der Waals surface area contributed by atoms with E-state index in [4.69, 9.17) is 0 Å². The molecule has 1 saturated heterocycles. The second-order valence-electron chi connectivity index (χ2n) is 6.19. The molecular formula is C18H15F7N2O. The molecule has 2 aromatic carbocycles. The number of nitrogens with zero attached hydrogens (tertiary/aromatic N) is 1. The van der Waals surface area contributed by atoms with Gasteiger partial charge in [-0.25, -0.2) is 17.6 Å². The van der Waals surface area contributed by atoms with Crippen molar-refractivity contribution in [3.63, 3.8) is 0 Å². The largest absolute Gasteiger partial charge is 0.573 e. The molecule has 3 nitrogen and oxygen atoms in total. The Hall–Kier alpha value is -2.33. The summed E-state index contributed by atoms with van der Waals surface area (Å²) in [7, 11) is 0. The maximum absolute atomic E-state index is 14.4. The van der Waals surface area contributed by atoms with Crippen LogP contribution in [0.1, 0.15) is 17.2 Å². The third kappa shape index (κ3) is 4.39. The Morgan fingerprint density at radius 1 is 0.893 bits per heavy atom. The van der Waals surface area contributed by atoms with Crippen molar-refractivity contribution in [1.29, 1.82) is 0 Å². The molecule has 0 saturated carbocycles. The molecule has 2 aromatic rings. The number of halogens is 7. The summed E-state index contributed by atoms with van der Waals surface area (Å²) >= 11 is 0. The topological polar surface area (TPSA) is 24.5 Å². The minimum atomic E-state index is -4.90. The molecule has 0 radical (unpaired) electrons. The average Bonchev–Trinajstić information content (AvgIpc) is 2.64. The summed E-state index contributed by atoms with van der Waals surface area (Å²) < 4.78 is 97.2. The van der Waals surface area contributed by atoms with Crippen molar-refractivity contribution >= 4 is 0 Å². The first kappa shape index (κ1) is 20.4. The van der Waals surface area contributed by atoms with Gasteiger partial charge in [0.05, 0.1) is 11.6 Å². The van der Waals surface area contributed by atoms with Crippen LogP contribution in [-0.2, 0) is 0 Å². The van der Waals surface area contributed by atoms with Crippen molar-refractivity contribution in [3.8, 4) is 5.75 Å². The van der Waals surface area contributed by atoms with E-state index in [-0.39, 0.29) is 11.6 Å². The SMILES string of the molecule is Fc1cc(F)c(F)c([C@H](c2ccc(OC(F)(F)F)cc2)N2CCNCC2)c1F. The van der Waals surface area contributed by atoms with Crippen LogP contribution >= 0.6 is 0 Å². The minimum Gasteiger partial charge on any atom is -0.406 e. The van der Waals surface area contributed by atoms with Crippen molar-refractivity contribution in [3.05, 3.63) is 64.7 Å². The molecule has 1 aliphatic heterocycles. The van der Waals surface area contributed by atoms with Gasteiger partial charge in [0, 0.05) is 32.2 Å². The minimum absolute atomic E-state index is 0.114. The molecule has 0 aliphatic carbocycles. The molecular weight excluding hydrogens is 393 g/mol. The first-order chi connectivity index (χ1) is 13.2. The first-order valence-electron chi connectivity index (χ1n) is 8.30. The average molecular weight is 408 g/mol. The summed E-state index contributed by atoms with van der Waals surface area (Å²) in [5.74, 6) is -6.71. The lowest BCUT2D eigenvalue weighted by Gasteiger charge is -2.36. The van der Waals surface area contributed by atoms with Crippen LogP contribution in [0.4, 0.5) is 30.7 Å². The molecule has 1 heterocycles. The van der Waals surface area contributed by atoms with Crippen molar-refractivity contribution in [2.75, 3.05) is 26.2 Å². The number of hydrogen-bond acceptors (Lipinski definition) is 3. The van der Waals surface area contributed by atoms with Crippen LogP contribution in [0.15, 0.2) is 30.3 Å². The molecule has 0 aromatic heterocycles. The van der Waals surface area contributed by atoms with Crippen LogP contribution in [0.2, 0.25) is 0 Å². The van der Waals surface area contributed by atoms with Crippen LogP contribution in [0.5, 0.6) is 5.75 Å². The third-order valence-electron chi connectivity index (χ3n) is 4.37. The summed E-state index contributed by atoms with van der Waals surface area (Å²) in [6, 6.07) is 3.19. The highest BCUT2D eigenvalue weighted by Gasteiger charge is 2.33. The van der Waals surface area contributed by atoms with Gasteiger partial charge in [0.1, 0.15) is 5.75 Å². The molecule has 0 unspecified atom stereocenters. The molecule has 10 heteroatoms. The Balaban J connectivity index is 2.06. The highest BCUT2D eigenvalue weighted by atomic mass is 19.4. The molecule has 0 amide bonds. The van der Waals surface area contributed by atoms with Crippen LogP contribution in [0, 0.1) is 23.3 Å². The van der Waals surface area contributed by atoms with Crippen molar-refractivity contribution < 1.29 is 35.5 Å². The molecule has 152 valence electrons. The zero-order valence-electron chi connectivity index (χ0n) is 14.3. The highest BCUT2D eigenvalue weighted by molar-refractivity contribution is 5.38. The number of ether oxygens (including phenoxy) is 1. The lowest BCUT2D eigenvalue weighted by atomic mass is 9.95. The second kappa shape index (κ2) is 7.96. The first-order valence-corrected chi connectivity index (χ1v) is 8.30. The molecule has 1 atom stereocenters. The highest BCUT2D eigenvalue weighted by Crippen LogP contribution is 2.35. The predicted molar refractivity (Wildman–Crippen MR) is 85.7 cm³/mol. The second-order valence-corrected chi connectivity index (χ2v) is 6.19. The number of rotatable bonds is 4. The van der Waals surface area contributed by atoms with E-state index in [2.05, 4.69) is 10.1 Å². The van der Waals surface area contributed by atoms with Crippen LogP contribution in [0.25, 0.3) is 0 Å². The molecule has 3 rings (SSSR count). The van der Waals surface area contributed by atoms with Crippen LogP contribution in [-0.4, -0.2) is 37.4 Å². The summed E-state index contributed by atoms with van der Waals surface area (Å²) in [4.78, 5) is 1.59. The maximum Gasteiger partial charge on any atom is 0.573 e. The summed E-state index contributed by atoms with van der Waals surface area (Å²) in [6.07, 6.45) is -4.90. The summed E-state index contributed by atoms with van der Waals surface area (Å²) in [6.45, 7) is 1.55. The van der Waals surface area contributed by atoms with Gasteiger partial charge in [-0.15, -0.1) is 13.2 Å². The molecule has 1 fully saturated rings. The monoisotopic (exact) mass is 408 g/mol. The fourth-order valence-electron chi connectivity index (χ4n) is 3.18. The Labute approximate surface area is 155 Å². The molecule has 1 aliphatic rings. The molecule has 0 spiro atoms. The summed E-state index contributed by atoms with van der Waals surface area (Å²) in [5, 5.41) is 3.04. The Bertz CT molecular complexity index is 807. The van der Waals surface area contributed by atoms with Gasteiger partial charge in [0.2, 0.25) is 0 Å². The number of benzene rings is 2. The van der Waals surface area contributed by atoms with E-state index >= 15 is 0 Å².